The van der Waals surface area contributed by atoms with Gasteiger partial charge in [0.1, 0.15) is 5.82 Å². The van der Waals surface area contributed by atoms with Gasteiger partial charge in [0.2, 0.25) is 5.91 Å². The second-order valence-corrected chi connectivity index (χ2v) is 7.23. The van der Waals surface area contributed by atoms with Crippen LogP contribution in [-0.4, -0.2) is 20.9 Å². The van der Waals surface area contributed by atoms with Gasteiger partial charge < -0.3 is 10.3 Å². The lowest BCUT2D eigenvalue weighted by Crippen LogP contribution is -2.16. The van der Waals surface area contributed by atoms with Gasteiger partial charge in [0, 0.05) is 18.5 Å². The molecule has 2 heterocycles. The number of amides is 1. The molecule has 26 heavy (non-hydrogen) atoms. The first-order chi connectivity index (χ1) is 12.6. The van der Waals surface area contributed by atoms with Crippen LogP contribution in [0.1, 0.15) is 17.3 Å². The summed E-state index contributed by atoms with van der Waals surface area (Å²) in [4.78, 5) is 35.9. The Morgan fingerprint density at radius 3 is 2.88 bits per heavy atom. The van der Waals surface area contributed by atoms with Gasteiger partial charge in [-0.25, -0.2) is 9.97 Å². The van der Waals surface area contributed by atoms with Crippen LogP contribution in [0.4, 0.5) is 5.69 Å². The third-order valence-electron chi connectivity index (χ3n) is 4.03. The number of H-pyrrole nitrogens is 1. The van der Waals surface area contributed by atoms with E-state index in [1.165, 1.54) is 0 Å². The van der Waals surface area contributed by atoms with E-state index in [-0.39, 0.29) is 17.9 Å². The van der Waals surface area contributed by atoms with Gasteiger partial charge in [0.15, 0.2) is 0 Å². The average molecular weight is 364 g/mol. The molecule has 2 aromatic heterocycles. The number of thiazole rings is 1. The minimum absolute atomic E-state index is 0.124. The third-order valence-corrected chi connectivity index (χ3v) is 4.96. The minimum Gasteiger partial charge on any atom is -0.326 e. The van der Waals surface area contributed by atoms with E-state index in [4.69, 9.17) is 0 Å². The molecule has 0 radical (unpaired) electrons. The van der Waals surface area contributed by atoms with Gasteiger partial charge in [-0.05, 0) is 37.3 Å². The quantitative estimate of drug-likeness (QED) is 0.581. The smallest absolute Gasteiger partial charge is 0.258 e. The Bertz CT molecular complexity index is 1180. The normalized spacial score (nSPS) is 11.1. The number of nitrogens with zero attached hydrogens (tertiary/aromatic N) is 2. The molecule has 4 aromatic rings. The van der Waals surface area contributed by atoms with E-state index < -0.39 is 0 Å². The van der Waals surface area contributed by atoms with Crippen LogP contribution in [0.15, 0.2) is 47.3 Å². The lowest BCUT2D eigenvalue weighted by atomic mass is 10.2. The predicted octanol–water partition coefficient (Wildman–Crippen LogP) is 3.41. The number of carbonyl (C=O) groups is 1. The highest BCUT2D eigenvalue weighted by Gasteiger charge is 2.08. The number of anilines is 1. The highest BCUT2D eigenvalue weighted by Crippen LogP contribution is 2.24. The highest BCUT2D eigenvalue weighted by molar-refractivity contribution is 7.18. The summed E-state index contributed by atoms with van der Waals surface area (Å²) < 4.78 is 1.04. The molecule has 0 bridgehead atoms. The number of aromatic nitrogens is 3. The summed E-state index contributed by atoms with van der Waals surface area (Å²) in [6, 6.07) is 12.8. The van der Waals surface area contributed by atoms with Crippen molar-refractivity contribution in [2.45, 2.75) is 19.8 Å². The van der Waals surface area contributed by atoms with Crippen molar-refractivity contribution in [1.82, 2.24) is 15.0 Å². The zero-order valence-corrected chi connectivity index (χ0v) is 14.9. The lowest BCUT2D eigenvalue weighted by molar-refractivity contribution is -0.116. The summed E-state index contributed by atoms with van der Waals surface area (Å²) in [6.45, 7) is 1.96. The van der Waals surface area contributed by atoms with Crippen molar-refractivity contribution in [3.05, 3.63) is 63.7 Å². The lowest BCUT2D eigenvalue weighted by Gasteiger charge is -2.06. The van der Waals surface area contributed by atoms with Crippen LogP contribution in [0.5, 0.6) is 0 Å². The summed E-state index contributed by atoms with van der Waals surface area (Å²) >= 11 is 1.59. The van der Waals surface area contributed by atoms with Crippen molar-refractivity contribution in [3.63, 3.8) is 0 Å². The Balaban J connectivity index is 1.45. The molecule has 0 aliphatic heterocycles. The molecule has 0 spiro atoms. The molecule has 2 N–H and O–H groups in total. The van der Waals surface area contributed by atoms with Crippen molar-refractivity contribution in [2.24, 2.45) is 0 Å². The molecule has 130 valence electrons. The number of hydrogen-bond donors (Lipinski definition) is 2. The van der Waals surface area contributed by atoms with Crippen LogP contribution in [0.25, 0.3) is 21.1 Å². The molecule has 7 heteroatoms. The molecule has 0 saturated heterocycles. The maximum absolute atomic E-state index is 12.2. The number of nitrogens with one attached hydrogen (secondary N) is 2. The molecule has 0 saturated carbocycles. The Hall–Kier alpha value is -3.06. The Morgan fingerprint density at radius 1 is 1.15 bits per heavy atom. The summed E-state index contributed by atoms with van der Waals surface area (Å²) in [7, 11) is 0. The number of rotatable bonds is 4. The van der Waals surface area contributed by atoms with Crippen LogP contribution >= 0.6 is 11.3 Å². The highest BCUT2D eigenvalue weighted by atomic mass is 32.1. The van der Waals surface area contributed by atoms with Crippen LogP contribution in [-0.2, 0) is 11.2 Å². The second-order valence-electron chi connectivity index (χ2n) is 5.99. The number of aromatic amines is 1. The molecular weight excluding hydrogens is 348 g/mol. The molecule has 4 rings (SSSR count). The SMILES string of the molecule is Cc1nc2ccc(NC(=O)CCc3nc4ccccc4c(=O)[nH]3)cc2s1. The van der Waals surface area contributed by atoms with Crippen molar-refractivity contribution < 1.29 is 4.79 Å². The van der Waals surface area contributed by atoms with E-state index in [9.17, 15) is 9.59 Å². The maximum atomic E-state index is 12.2. The standard InChI is InChI=1S/C19H16N4O2S/c1-11-20-15-7-6-12(10-16(15)26-11)21-18(24)9-8-17-22-14-5-3-2-4-13(14)19(25)23-17/h2-7,10H,8-9H2,1H3,(H,21,24)(H,22,23,25). The van der Waals surface area contributed by atoms with E-state index in [0.29, 0.717) is 23.1 Å². The number of para-hydroxylation sites is 1. The largest absolute Gasteiger partial charge is 0.326 e. The summed E-state index contributed by atoms with van der Waals surface area (Å²) in [5, 5.41) is 4.43. The van der Waals surface area contributed by atoms with Gasteiger partial charge >= 0.3 is 0 Å². The Labute approximate surface area is 152 Å². The minimum atomic E-state index is -0.183. The van der Waals surface area contributed by atoms with Crippen LogP contribution < -0.4 is 10.9 Å². The van der Waals surface area contributed by atoms with Crippen molar-refractivity contribution in [3.8, 4) is 0 Å². The average Bonchev–Trinajstić information content (AvgIpc) is 2.99. The molecule has 0 unspecified atom stereocenters. The van der Waals surface area contributed by atoms with Gasteiger partial charge in [-0.15, -0.1) is 11.3 Å². The second kappa shape index (κ2) is 6.68. The fourth-order valence-electron chi connectivity index (χ4n) is 2.83. The third kappa shape index (κ3) is 3.34. The number of fused-ring (bicyclic) bond motifs is 2. The topological polar surface area (TPSA) is 87.7 Å². The first-order valence-electron chi connectivity index (χ1n) is 8.23. The van der Waals surface area contributed by atoms with Crippen LogP contribution in [0.2, 0.25) is 0 Å². The molecule has 1 amide bonds. The van der Waals surface area contributed by atoms with E-state index in [0.717, 1.165) is 20.9 Å². The number of aryl methyl sites for hydroxylation is 2. The zero-order valence-electron chi connectivity index (χ0n) is 14.1. The fraction of sp³-hybridized carbons (Fsp3) is 0.158. The first-order valence-corrected chi connectivity index (χ1v) is 9.05. The van der Waals surface area contributed by atoms with E-state index >= 15 is 0 Å². The Kier molecular flexibility index (Phi) is 4.22. The molecule has 0 aliphatic rings. The van der Waals surface area contributed by atoms with E-state index in [1.807, 2.05) is 31.2 Å². The fourth-order valence-corrected chi connectivity index (χ4v) is 3.69. The monoisotopic (exact) mass is 364 g/mol. The molecule has 0 fully saturated rings. The van der Waals surface area contributed by atoms with Gasteiger partial charge in [-0.2, -0.15) is 0 Å². The Morgan fingerprint density at radius 2 is 2.00 bits per heavy atom. The number of benzene rings is 2. The zero-order chi connectivity index (χ0) is 18.1. The van der Waals surface area contributed by atoms with E-state index in [2.05, 4.69) is 20.3 Å². The van der Waals surface area contributed by atoms with E-state index in [1.54, 1.807) is 29.5 Å². The maximum Gasteiger partial charge on any atom is 0.258 e. The van der Waals surface area contributed by atoms with Crippen molar-refractivity contribution >= 4 is 44.1 Å². The van der Waals surface area contributed by atoms with Gasteiger partial charge in [-0.3, -0.25) is 9.59 Å². The van der Waals surface area contributed by atoms with Crippen LogP contribution in [0.3, 0.4) is 0 Å². The summed E-state index contributed by atoms with van der Waals surface area (Å²) in [6.07, 6.45) is 0.606. The number of carbonyl (C=O) groups excluding carboxylic acids is 1. The van der Waals surface area contributed by atoms with Crippen molar-refractivity contribution in [1.29, 1.82) is 0 Å². The van der Waals surface area contributed by atoms with Gasteiger partial charge in [-0.1, -0.05) is 12.1 Å². The summed E-state index contributed by atoms with van der Waals surface area (Å²) in [5.74, 6) is 0.388. The van der Waals surface area contributed by atoms with Gasteiger partial charge in [0.25, 0.3) is 5.56 Å². The molecule has 2 aromatic carbocycles. The van der Waals surface area contributed by atoms with Crippen LogP contribution in [0, 0.1) is 6.92 Å². The molecule has 0 atom stereocenters. The molecular formula is C19H16N4O2S. The van der Waals surface area contributed by atoms with Crippen molar-refractivity contribution in [2.75, 3.05) is 5.32 Å². The summed E-state index contributed by atoms with van der Waals surface area (Å²) in [5.41, 5.74) is 2.13. The van der Waals surface area contributed by atoms with Gasteiger partial charge in [0.05, 0.1) is 26.1 Å². The number of hydrogen-bond acceptors (Lipinski definition) is 5. The predicted molar refractivity (Wildman–Crippen MR) is 104 cm³/mol. The first kappa shape index (κ1) is 16.4. The molecule has 6 nitrogen and oxygen atoms in total. The molecule has 0 aliphatic carbocycles.